The largest absolute Gasteiger partial charge is 0.374 e. The maximum absolute atomic E-state index is 12.3. The van der Waals surface area contributed by atoms with Gasteiger partial charge in [-0.05, 0) is 55.3 Å². The number of benzene rings is 2. The van der Waals surface area contributed by atoms with Gasteiger partial charge in [-0.3, -0.25) is 9.59 Å². The molecule has 1 atom stereocenters. The molecule has 0 heterocycles. The molecule has 2 amide bonds. The number of aryl methyl sites for hydroxylation is 1. The molecule has 5 nitrogen and oxygen atoms in total. The summed E-state index contributed by atoms with van der Waals surface area (Å²) in [6.45, 7) is 5.36. The molecule has 0 aliphatic carbocycles. The van der Waals surface area contributed by atoms with Crippen molar-refractivity contribution in [3.05, 3.63) is 54.1 Å². The van der Waals surface area contributed by atoms with Crippen LogP contribution in [0.5, 0.6) is 0 Å². The Kier molecular flexibility index (Phi) is 5.95. The molecule has 0 unspecified atom stereocenters. The minimum absolute atomic E-state index is 0.106. The molecule has 0 radical (unpaired) electrons. The van der Waals surface area contributed by atoms with E-state index in [1.54, 1.807) is 19.1 Å². The van der Waals surface area contributed by atoms with E-state index in [9.17, 15) is 9.59 Å². The van der Waals surface area contributed by atoms with Crippen LogP contribution in [0.15, 0.2) is 48.5 Å². The monoisotopic (exact) mass is 325 g/mol. The average molecular weight is 325 g/mol. The Morgan fingerprint density at radius 3 is 1.92 bits per heavy atom. The molecule has 0 saturated carbocycles. The van der Waals surface area contributed by atoms with E-state index in [2.05, 4.69) is 22.9 Å². The lowest BCUT2D eigenvalue weighted by Crippen LogP contribution is -2.31. The van der Waals surface area contributed by atoms with E-state index in [4.69, 9.17) is 0 Å². The summed E-state index contributed by atoms with van der Waals surface area (Å²) in [7, 11) is 0. The molecule has 5 heteroatoms. The summed E-state index contributed by atoms with van der Waals surface area (Å²) in [6.07, 6.45) is 0.973. The van der Waals surface area contributed by atoms with E-state index in [1.807, 2.05) is 36.4 Å². The van der Waals surface area contributed by atoms with Crippen molar-refractivity contribution in [2.24, 2.45) is 0 Å². The fourth-order valence-corrected chi connectivity index (χ4v) is 2.24. The number of anilines is 3. The third-order valence-electron chi connectivity index (χ3n) is 3.61. The van der Waals surface area contributed by atoms with Gasteiger partial charge in [0, 0.05) is 24.0 Å². The molecule has 2 rings (SSSR count). The summed E-state index contributed by atoms with van der Waals surface area (Å²) >= 11 is 0. The third kappa shape index (κ3) is 5.12. The molecule has 3 N–H and O–H groups in total. The first-order chi connectivity index (χ1) is 11.5. The molecule has 24 heavy (non-hydrogen) atoms. The first-order valence-electron chi connectivity index (χ1n) is 8.02. The first-order valence-corrected chi connectivity index (χ1v) is 8.02. The maximum Gasteiger partial charge on any atom is 0.246 e. The standard InChI is InChI=1S/C19H23N3O2/c1-4-15-5-7-18(8-6-15)22-19(24)13(2)20-16-9-11-17(12-10-16)21-14(3)23/h5-13,20H,4H2,1-3H3,(H,21,23)(H,22,24)/t13-/m1/s1. The maximum atomic E-state index is 12.3. The van der Waals surface area contributed by atoms with Gasteiger partial charge in [-0.25, -0.2) is 0 Å². The Hall–Kier alpha value is -2.82. The quantitative estimate of drug-likeness (QED) is 0.759. The van der Waals surface area contributed by atoms with Crippen LogP contribution in [-0.4, -0.2) is 17.9 Å². The zero-order valence-corrected chi connectivity index (χ0v) is 14.2. The van der Waals surface area contributed by atoms with Crippen LogP contribution in [0.3, 0.4) is 0 Å². The van der Waals surface area contributed by atoms with Gasteiger partial charge in [-0.15, -0.1) is 0 Å². The van der Waals surface area contributed by atoms with Crippen molar-refractivity contribution in [2.75, 3.05) is 16.0 Å². The van der Waals surface area contributed by atoms with Crippen LogP contribution in [0.2, 0.25) is 0 Å². The van der Waals surface area contributed by atoms with Crippen molar-refractivity contribution >= 4 is 28.9 Å². The molecule has 2 aromatic rings. The smallest absolute Gasteiger partial charge is 0.246 e. The summed E-state index contributed by atoms with van der Waals surface area (Å²) in [5.41, 5.74) is 3.56. The van der Waals surface area contributed by atoms with E-state index in [1.165, 1.54) is 12.5 Å². The lowest BCUT2D eigenvalue weighted by molar-refractivity contribution is -0.116. The Bertz CT molecular complexity index is 694. The second-order valence-corrected chi connectivity index (χ2v) is 5.66. The zero-order chi connectivity index (χ0) is 17.5. The number of carbonyl (C=O) groups excluding carboxylic acids is 2. The molecule has 2 aromatic carbocycles. The summed E-state index contributed by atoms with van der Waals surface area (Å²) in [6, 6.07) is 14.7. The van der Waals surface area contributed by atoms with Gasteiger partial charge in [-0.2, -0.15) is 0 Å². The minimum Gasteiger partial charge on any atom is -0.374 e. The van der Waals surface area contributed by atoms with Crippen LogP contribution in [0.4, 0.5) is 17.1 Å². The Morgan fingerprint density at radius 1 is 0.875 bits per heavy atom. The fraction of sp³-hybridized carbons (Fsp3) is 0.263. The predicted molar refractivity (Wildman–Crippen MR) is 98.3 cm³/mol. The first kappa shape index (κ1) is 17.5. The number of carbonyl (C=O) groups is 2. The average Bonchev–Trinajstić information content (AvgIpc) is 2.56. The van der Waals surface area contributed by atoms with Gasteiger partial charge < -0.3 is 16.0 Å². The Labute approximate surface area is 142 Å². The SMILES string of the molecule is CCc1ccc(NC(=O)[C@@H](C)Nc2ccc(NC(C)=O)cc2)cc1. The van der Waals surface area contributed by atoms with Crippen LogP contribution in [0.25, 0.3) is 0 Å². The molecule has 0 fully saturated rings. The van der Waals surface area contributed by atoms with Gasteiger partial charge >= 0.3 is 0 Å². The minimum atomic E-state index is -0.387. The van der Waals surface area contributed by atoms with Crippen molar-refractivity contribution in [3.8, 4) is 0 Å². The van der Waals surface area contributed by atoms with Crippen LogP contribution in [0, 0.1) is 0 Å². The number of rotatable bonds is 6. The lowest BCUT2D eigenvalue weighted by atomic mass is 10.1. The van der Waals surface area contributed by atoms with E-state index < -0.39 is 0 Å². The highest BCUT2D eigenvalue weighted by atomic mass is 16.2. The van der Waals surface area contributed by atoms with Gasteiger partial charge in [0.15, 0.2) is 0 Å². The second kappa shape index (κ2) is 8.15. The van der Waals surface area contributed by atoms with Crippen molar-refractivity contribution in [2.45, 2.75) is 33.2 Å². The van der Waals surface area contributed by atoms with Gasteiger partial charge in [0.1, 0.15) is 6.04 Å². The predicted octanol–water partition coefficient (Wildman–Crippen LogP) is 3.65. The second-order valence-electron chi connectivity index (χ2n) is 5.66. The summed E-state index contributed by atoms with van der Waals surface area (Å²) < 4.78 is 0. The molecular weight excluding hydrogens is 302 g/mol. The third-order valence-corrected chi connectivity index (χ3v) is 3.61. The van der Waals surface area contributed by atoms with Crippen molar-refractivity contribution in [1.82, 2.24) is 0 Å². The van der Waals surface area contributed by atoms with Gasteiger partial charge in [0.25, 0.3) is 0 Å². The summed E-state index contributed by atoms with van der Waals surface area (Å²) in [5.74, 6) is -0.220. The molecule has 0 spiro atoms. The number of nitrogens with one attached hydrogen (secondary N) is 3. The van der Waals surface area contributed by atoms with Crippen LogP contribution < -0.4 is 16.0 Å². The van der Waals surface area contributed by atoms with Crippen LogP contribution in [-0.2, 0) is 16.0 Å². The number of hydrogen-bond acceptors (Lipinski definition) is 3. The molecule has 0 saturated heterocycles. The highest BCUT2D eigenvalue weighted by molar-refractivity contribution is 5.96. The van der Waals surface area contributed by atoms with Crippen molar-refractivity contribution in [3.63, 3.8) is 0 Å². The normalized spacial score (nSPS) is 11.5. The molecule has 0 bridgehead atoms. The summed E-state index contributed by atoms with van der Waals surface area (Å²) in [5, 5.41) is 8.74. The molecular formula is C19H23N3O2. The van der Waals surface area contributed by atoms with Gasteiger partial charge in [-0.1, -0.05) is 19.1 Å². The zero-order valence-electron chi connectivity index (χ0n) is 14.2. The molecule has 126 valence electrons. The topological polar surface area (TPSA) is 70.2 Å². The van der Waals surface area contributed by atoms with Crippen molar-refractivity contribution in [1.29, 1.82) is 0 Å². The van der Waals surface area contributed by atoms with E-state index in [0.717, 1.165) is 23.5 Å². The fourth-order valence-electron chi connectivity index (χ4n) is 2.24. The Balaban J connectivity index is 1.91. The van der Waals surface area contributed by atoms with E-state index in [-0.39, 0.29) is 17.9 Å². The highest BCUT2D eigenvalue weighted by Gasteiger charge is 2.12. The van der Waals surface area contributed by atoms with Gasteiger partial charge in [0.05, 0.1) is 0 Å². The van der Waals surface area contributed by atoms with Gasteiger partial charge in [0.2, 0.25) is 11.8 Å². The number of hydrogen-bond donors (Lipinski definition) is 3. The molecule has 0 aromatic heterocycles. The molecule has 0 aliphatic rings. The molecule has 0 aliphatic heterocycles. The van der Waals surface area contributed by atoms with Crippen molar-refractivity contribution < 1.29 is 9.59 Å². The van der Waals surface area contributed by atoms with E-state index in [0.29, 0.717) is 0 Å². The highest BCUT2D eigenvalue weighted by Crippen LogP contribution is 2.15. The van der Waals surface area contributed by atoms with E-state index >= 15 is 0 Å². The van der Waals surface area contributed by atoms with Crippen LogP contribution >= 0.6 is 0 Å². The van der Waals surface area contributed by atoms with Crippen LogP contribution in [0.1, 0.15) is 26.3 Å². The summed E-state index contributed by atoms with van der Waals surface area (Å²) in [4.78, 5) is 23.3. The number of amides is 2. The Morgan fingerprint density at radius 2 is 1.38 bits per heavy atom. The lowest BCUT2D eigenvalue weighted by Gasteiger charge is -2.16.